The Morgan fingerprint density at radius 2 is 1.21 bits per heavy atom. The summed E-state index contributed by atoms with van der Waals surface area (Å²) in [6.07, 6.45) is 14.5. The zero-order chi connectivity index (χ0) is 41.3. The molecule has 11 nitrogen and oxygen atoms in total. The molecule has 57 heavy (non-hydrogen) atoms. The summed E-state index contributed by atoms with van der Waals surface area (Å²) >= 11 is 0. The largest absolute Gasteiger partial charge is 0.459 e. The Bertz CT molecular complexity index is 1490. The molecule has 7 unspecified atom stereocenters. The summed E-state index contributed by atoms with van der Waals surface area (Å²) in [5.41, 5.74) is -2.23. The third-order valence-corrected chi connectivity index (χ3v) is 16.2. The van der Waals surface area contributed by atoms with Crippen molar-refractivity contribution in [2.45, 2.75) is 200 Å². The average molecular weight is 801 g/mol. The number of carbonyl (C=O) groups is 4. The number of carbonyl (C=O) groups excluding carboxylic acids is 4. The van der Waals surface area contributed by atoms with Gasteiger partial charge in [-0.3, -0.25) is 19.2 Å². The van der Waals surface area contributed by atoms with Gasteiger partial charge in [-0.2, -0.15) is 0 Å². The minimum absolute atomic E-state index is 0.0828. The fraction of sp³-hybridized carbons (Fsp3) is 0.913. The van der Waals surface area contributed by atoms with E-state index in [-0.39, 0.29) is 54.4 Å². The average Bonchev–Trinajstić information content (AvgIpc) is 3.77. The first-order valence-electron chi connectivity index (χ1n) is 22.5. The number of ether oxygens (including phenoxy) is 6. The molecule has 1 N–H and O–H groups in total. The van der Waals surface area contributed by atoms with E-state index in [0.717, 1.165) is 62.2 Å². The van der Waals surface area contributed by atoms with Gasteiger partial charge in [0.1, 0.15) is 11.7 Å². The Labute approximate surface area is 340 Å². The maximum absolute atomic E-state index is 12.4. The lowest BCUT2D eigenvalue weighted by atomic mass is 9.52. The summed E-state index contributed by atoms with van der Waals surface area (Å²) < 4.78 is 33.8. The number of rotatable bonds is 11. The molecule has 0 spiro atoms. The fourth-order valence-corrected chi connectivity index (χ4v) is 12.2. The molecule has 8 aliphatic carbocycles. The van der Waals surface area contributed by atoms with Crippen LogP contribution in [0.4, 0.5) is 0 Å². The van der Waals surface area contributed by atoms with Gasteiger partial charge in [-0.05, 0) is 167 Å². The minimum atomic E-state index is -0.555. The second-order valence-electron chi connectivity index (χ2n) is 21.8. The molecule has 11 aliphatic rings. The zero-order valence-corrected chi connectivity index (χ0v) is 36.3. The normalized spacial score (nSPS) is 41.5. The summed E-state index contributed by atoms with van der Waals surface area (Å²) in [5.74, 6) is 3.67. The van der Waals surface area contributed by atoms with Crippen molar-refractivity contribution in [2.24, 2.45) is 57.7 Å². The second kappa shape index (κ2) is 15.7. The van der Waals surface area contributed by atoms with Crippen molar-refractivity contribution in [3.63, 3.8) is 0 Å². The van der Waals surface area contributed by atoms with Crippen LogP contribution in [0.3, 0.4) is 0 Å². The SMILES string of the molecule is CCC(C)(C)C(=O)OC12CC3CC(CC(O)(C3)C1)C2.CCC(C)(C)C(=O)OC1C2CC3C(=O)OC1C3O2.CCC(C)(C)C(=O)OCOC1C2CC3CC(C2)CC1C3. The summed E-state index contributed by atoms with van der Waals surface area (Å²) in [6, 6.07) is 0. The summed E-state index contributed by atoms with van der Waals surface area (Å²) in [7, 11) is 0. The first-order valence-corrected chi connectivity index (χ1v) is 22.5. The molecule has 10 bridgehead atoms. The van der Waals surface area contributed by atoms with Gasteiger partial charge in [0, 0.05) is 6.42 Å². The fourth-order valence-electron chi connectivity index (χ4n) is 12.2. The number of hydrogen-bond donors (Lipinski definition) is 1. The van der Waals surface area contributed by atoms with Gasteiger partial charge in [0.15, 0.2) is 19.0 Å². The van der Waals surface area contributed by atoms with E-state index in [0.29, 0.717) is 37.2 Å². The molecule has 11 rings (SSSR count). The van der Waals surface area contributed by atoms with Gasteiger partial charge in [0.2, 0.25) is 0 Å². The molecule has 11 heteroatoms. The van der Waals surface area contributed by atoms with Crippen LogP contribution in [0.15, 0.2) is 0 Å². The molecule has 7 atom stereocenters. The summed E-state index contributed by atoms with van der Waals surface area (Å²) in [6.45, 7) is 17.6. The van der Waals surface area contributed by atoms with Crippen molar-refractivity contribution in [3.8, 4) is 0 Å². The predicted octanol–water partition coefficient (Wildman–Crippen LogP) is 7.86. The van der Waals surface area contributed by atoms with Gasteiger partial charge in [-0.25, -0.2) is 0 Å². The van der Waals surface area contributed by atoms with Gasteiger partial charge in [-0.15, -0.1) is 0 Å². The molecule has 3 aliphatic heterocycles. The molecule has 0 aromatic carbocycles. The van der Waals surface area contributed by atoms with Crippen LogP contribution in [-0.4, -0.2) is 77.5 Å². The Kier molecular flexibility index (Phi) is 11.8. The number of fused-ring (bicyclic) bond motifs is 1. The summed E-state index contributed by atoms with van der Waals surface area (Å²) in [5, 5.41) is 10.6. The molecule has 0 aromatic rings. The van der Waals surface area contributed by atoms with Crippen molar-refractivity contribution >= 4 is 23.9 Å². The van der Waals surface area contributed by atoms with Crippen LogP contribution in [0, 0.1) is 57.7 Å². The molecular formula is C46H72O11. The van der Waals surface area contributed by atoms with E-state index in [1.165, 1.54) is 38.5 Å². The van der Waals surface area contributed by atoms with Gasteiger partial charge in [-0.1, -0.05) is 20.8 Å². The van der Waals surface area contributed by atoms with Gasteiger partial charge in [0.05, 0.1) is 40.0 Å². The van der Waals surface area contributed by atoms with Crippen LogP contribution in [-0.2, 0) is 47.6 Å². The van der Waals surface area contributed by atoms with Crippen LogP contribution < -0.4 is 0 Å². The van der Waals surface area contributed by atoms with Crippen molar-refractivity contribution < 1.29 is 52.7 Å². The van der Waals surface area contributed by atoms with Crippen molar-refractivity contribution in [2.75, 3.05) is 6.79 Å². The zero-order valence-electron chi connectivity index (χ0n) is 36.3. The molecule has 0 radical (unpaired) electrons. The van der Waals surface area contributed by atoms with E-state index < -0.39 is 34.1 Å². The maximum Gasteiger partial charge on any atom is 0.313 e. The Balaban J connectivity index is 0.000000131. The van der Waals surface area contributed by atoms with Crippen LogP contribution in [0.1, 0.15) is 159 Å². The van der Waals surface area contributed by atoms with E-state index in [9.17, 15) is 24.3 Å². The molecular weight excluding hydrogens is 728 g/mol. The van der Waals surface area contributed by atoms with E-state index in [4.69, 9.17) is 28.4 Å². The van der Waals surface area contributed by atoms with E-state index in [1.54, 1.807) is 0 Å². The highest BCUT2D eigenvalue weighted by Crippen LogP contribution is 2.59. The standard InChI is InChI=1S/C17H28O3.C16H26O3.C13H18O5/c1-4-17(2,3)16(18)20-10-19-15-13-6-11-5-12(8-13)9-14(15)7-11;1-4-14(2,3)13(17)19-16-8-11-5-12(9-16)7-15(18,6-11)10-16;1-4-13(2,3)12(15)18-9-7-5-6-8(16-7)10(9)17-11(6)14/h11-15H,4-10H2,1-3H3;11-12,18H,4-10H2,1-3H3;6-10H,4-5H2,1-3H3. The molecule has 3 heterocycles. The van der Waals surface area contributed by atoms with Crippen LogP contribution >= 0.6 is 0 Å². The van der Waals surface area contributed by atoms with Crippen molar-refractivity contribution in [1.82, 2.24) is 0 Å². The molecule has 322 valence electrons. The van der Waals surface area contributed by atoms with Crippen LogP contribution in [0.5, 0.6) is 0 Å². The lowest BCUT2D eigenvalue weighted by Gasteiger charge is -2.59. The number of hydrogen-bond acceptors (Lipinski definition) is 11. The van der Waals surface area contributed by atoms with Gasteiger partial charge < -0.3 is 33.5 Å². The smallest absolute Gasteiger partial charge is 0.313 e. The molecule has 0 amide bonds. The molecule has 3 saturated heterocycles. The molecule has 11 fully saturated rings. The van der Waals surface area contributed by atoms with Crippen LogP contribution in [0.25, 0.3) is 0 Å². The van der Waals surface area contributed by atoms with Crippen LogP contribution in [0.2, 0.25) is 0 Å². The minimum Gasteiger partial charge on any atom is -0.459 e. The number of esters is 4. The van der Waals surface area contributed by atoms with Gasteiger partial charge in [0.25, 0.3) is 0 Å². The van der Waals surface area contributed by atoms with Crippen molar-refractivity contribution in [1.29, 1.82) is 0 Å². The quantitative estimate of drug-likeness (QED) is 0.124. The van der Waals surface area contributed by atoms with Crippen molar-refractivity contribution in [3.05, 3.63) is 0 Å². The predicted molar refractivity (Wildman–Crippen MR) is 210 cm³/mol. The topological polar surface area (TPSA) is 144 Å². The highest BCUT2D eigenvalue weighted by atomic mass is 16.7. The summed E-state index contributed by atoms with van der Waals surface area (Å²) in [4.78, 5) is 47.9. The maximum atomic E-state index is 12.4. The molecule has 0 aromatic heterocycles. The Hall–Kier alpha value is -2.24. The lowest BCUT2D eigenvalue weighted by Crippen LogP contribution is -2.61. The Morgan fingerprint density at radius 1 is 0.684 bits per heavy atom. The lowest BCUT2D eigenvalue weighted by molar-refractivity contribution is -0.225. The van der Waals surface area contributed by atoms with E-state index in [1.807, 2.05) is 62.3 Å². The third kappa shape index (κ3) is 8.55. The van der Waals surface area contributed by atoms with E-state index >= 15 is 0 Å². The Morgan fingerprint density at radius 3 is 1.75 bits per heavy atom. The monoisotopic (exact) mass is 801 g/mol. The first-order chi connectivity index (χ1) is 26.7. The highest BCUT2D eigenvalue weighted by molar-refractivity contribution is 5.79. The second-order valence-corrected chi connectivity index (χ2v) is 21.8. The third-order valence-electron chi connectivity index (χ3n) is 16.2. The van der Waals surface area contributed by atoms with Gasteiger partial charge >= 0.3 is 23.9 Å². The highest BCUT2D eigenvalue weighted by Gasteiger charge is 2.65. The number of aliphatic hydroxyl groups is 1. The first kappa shape index (κ1) is 42.9. The van der Waals surface area contributed by atoms with E-state index in [2.05, 4.69) is 0 Å². The molecule has 8 saturated carbocycles.